The third-order valence-electron chi connectivity index (χ3n) is 4.50. The molecule has 2 aromatic carbocycles. The lowest BCUT2D eigenvalue weighted by molar-refractivity contribution is 0.0697. The Balaban J connectivity index is 1.92. The first-order valence-electron chi connectivity index (χ1n) is 8.28. The van der Waals surface area contributed by atoms with Gasteiger partial charge in [-0.25, -0.2) is 4.79 Å². The molecule has 0 atom stereocenters. The van der Waals surface area contributed by atoms with Crippen molar-refractivity contribution in [2.24, 2.45) is 7.05 Å². The van der Waals surface area contributed by atoms with Gasteiger partial charge in [0.05, 0.1) is 17.5 Å². The number of carboxylic acids is 1. The van der Waals surface area contributed by atoms with Gasteiger partial charge in [-0.05, 0) is 41.5 Å². The molecule has 0 radical (unpaired) electrons. The van der Waals surface area contributed by atoms with Crippen LogP contribution >= 0.6 is 0 Å². The Hall–Kier alpha value is -3.53. The van der Waals surface area contributed by atoms with Crippen molar-refractivity contribution in [3.05, 3.63) is 84.6 Å². The van der Waals surface area contributed by atoms with E-state index in [9.17, 15) is 4.79 Å². The third kappa shape index (κ3) is 2.71. The van der Waals surface area contributed by atoms with Gasteiger partial charge in [-0.1, -0.05) is 42.5 Å². The van der Waals surface area contributed by atoms with Gasteiger partial charge >= 0.3 is 5.97 Å². The van der Waals surface area contributed by atoms with Gasteiger partial charge in [-0.2, -0.15) is 0 Å². The minimum atomic E-state index is -0.930. The van der Waals surface area contributed by atoms with Crippen LogP contribution in [-0.2, 0) is 7.05 Å². The van der Waals surface area contributed by atoms with Crippen LogP contribution in [0.5, 0.6) is 0 Å². The van der Waals surface area contributed by atoms with Gasteiger partial charge in [0.1, 0.15) is 0 Å². The lowest BCUT2D eigenvalue weighted by atomic mass is 10.0. The van der Waals surface area contributed by atoms with E-state index in [1.165, 1.54) is 0 Å². The molecule has 4 aromatic rings. The van der Waals surface area contributed by atoms with Crippen LogP contribution in [-0.4, -0.2) is 15.6 Å². The van der Waals surface area contributed by atoms with Gasteiger partial charge in [-0.15, -0.1) is 0 Å². The van der Waals surface area contributed by atoms with E-state index in [-0.39, 0.29) is 5.56 Å². The van der Waals surface area contributed by atoms with E-state index in [1.54, 1.807) is 18.4 Å². The monoisotopic (exact) mass is 343 g/mol. The molecule has 0 aliphatic rings. The van der Waals surface area contributed by atoms with Crippen LogP contribution in [0, 0.1) is 0 Å². The molecule has 0 amide bonds. The Morgan fingerprint density at radius 3 is 2.27 bits per heavy atom. The average molecular weight is 343 g/mol. The number of nitrogens with zero attached hydrogens (tertiary/aromatic N) is 1. The van der Waals surface area contributed by atoms with E-state index in [1.807, 2.05) is 49.5 Å². The maximum absolute atomic E-state index is 11.1. The van der Waals surface area contributed by atoms with E-state index in [0.717, 1.165) is 33.8 Å². The summed E-state index contributed by atoms with van der Waals surface area (Å²) in [5.41, 5.74) is 5.34. The largest absolute Gasteiger partial charge is 0.478 e. The highest BCUT2D eigenvalue weighted by atomic mass is 16.4. The molecule has 4 rings (SSSR count). The summed E-state index contributed by atoms with van der Waals surface area (Å²) in [5, 5.41) is 9.13. The molecule has 26 heavy (non-hydrogen) atoms. The Morgan fingerprint density at radius 1 is 0.923 bits per heavy atom. The van der Waals surface area contributed by atoms with E-state index in [4.69, 9.17) is 9.52 Å². The van der Waals surface area contributed by atoms with Gasteiger partial charge in [0.25, 0.3) is 0 Å². The zero-order chi connectivity index (χ0) is 18.1. The van der Waals surface area contributed by atoms with Crippen molar-refractivity contribution in [3.63, 3.8) is 0 Å². The van der Waals surface area contributed by atoms with Crippen LogP contribution in [0.4, 0.5) is 0 Å². The first-order chi connectivity index (χ1) is 12.6. The summed E-state index contributed by atoms with van der Waals surface area (Å²) < 4.78 is 7.76. The van der Waals surface area contributed by atoms with Crippen LogP contribution in [0.25, 0.3) is 33.8 Å². The van der Waals surface area contributed by atoms with Crippen LogP contribution < -0.4 is 0 Å². The normalized spacial score (nSPS) is 10.8. The summed E-state index contributed by atoms with van der Waals surface area (Å²) in [4.78, 5) is 11.1. The van der Waals surface area contributed by atoms with E-state index in [2.05, 4.69) is 22.8 Å². The summed E-state index contributed by atoms with van der Waals surface area (Å²) in [5.74, 6) is -0.159. The maximum atomic E-state index is 11.1. The summed E-state index contributed by atoms with van der Waals surface area (Å²) in [6, 6.07) is 23.0. The molecule has 1 N–H and O–H groups in total. The fourth-order valence-electron chi connectivity index (χ4n) is 3.21. The lowest BCUT2D eigenvalue weighted by Crippen LogP contribution is -1.96. The van der Waals surface area contributed by atoms with Crippen LogP contribution in [0.1, 0.15) is 10.4 Å². The van der Waals surface area contributed by atoms with E-state index >= 15 is 0 Å². The first kappa shape index (κ1) is 16.0. The Labute approximate surface area is 151 Å². The van der Waals surface area contributed by atoms with Gasteiger partial charge < -0.3 is 14.1 Å². The second kappa shape index (κ2) is 6.41. The Morgan fingerprint density at radius 2 is 1.65 bits per heavy atom. The van der Waals surface area contributed by atoms with Crippen molar-refractivity contribution < 1.29 is 14.3 Å². The highest BCUT2D eigenvalue weighted by molar-refractivity contribution is 5.90. The molecule has 2 aromatic heterocycles. The van der Waals surface area contributed by atoms with Crippen LogP contribution in [0.15, 0.2) is 83.5 Å². The van der Waals surface area contributed by atoms with Crippen molar-refractivity contribution in [3.8, 4) is 33.8 Å². The maximum Gasteiger partial charge on any atom is 0.335 e. The second-order valence-electron chi connectivity index (χ2n) is 6.08. The molecule has 0 unspecified atom stereocenters. The molecule has 2 heterocycles. The highest BCUT2D eigenvalue weighted by Crippen LogP contribution is 2.38. The minimum Gasteiger partial charge on any atom is -0.478 e. The number of hydrogen-bond donors (Lipinski definition) is 1. The Kier molecular flexibility index (Phi) is 3.93. The molecular formula is C22H17NO3. The Bertz CT molecular complexity index is 1040. The molecule has 0 aliphatic heterocycles. The summed E-state index contributed by atoms with van der Waals surface area (Å²) in [6.07, 6.45) is 1.65. The topological polar surface area (TPSA) is 55.4 Å². The summed E-state index contributed by atoms with van der Waals surface area (Å²) in [7, 11) is 2.01. The molecule has 4 heteroatoms. The van der Waals surface area contributed by atoms with Gasteiger partial charge in [0.2, 0.25) is 0 Å². The molecular weight excluding hydrogens is 326 g/mol. The predicted octanol–water partition coefficient (Wildman–Crippen LogP) is 5.32. The SMILES string of the molecule is Cn1c(-c2ccccc2)cc(-c2ccc(C(=O)O)cc2)c1-c1ccco1. The number of carboxylic acid groups (broad SMARTS) is 1. The van der Waals surface area contributed by atoms with Crippen molar-refractivity contribution >= 4 is 5.97 Å². The fraction of sp³-hybridized carbons (Fsp3) is 0.0455. The standard InChI is InChI=1S/C22H17NO3/c1-23-19(16-6-3-2-4-7-16)14-18(21(23)20-8-5-13-26-20)15-9-11-17(12-10-15)22(24)25/h2-14H,1H3,(H,24,25). The van der Waals surface area contributed by atoms with Gasteiger partial charge in [-0.3, -0.25) is 0 Å². The minimum absolute atomic E-state index is 0.271. The zero-order valence-electron chi connectivity index (χ0n) is 14.2. The number of rotatable bonds is 4. The van der Waals surface area contributed by atoms with Gasteiger partial charge in [0, 0.05) is 18.3 Å². The zero-order valence-corrected chi connectivity index (χ0v) is 14.2. The van der Waals surface area contributed by atoms with E-state index in [0.29, 0.717) is 0 Å². The van der Waals surface area contributed by atoms with Crippen LogP contribution in [0.3, 0.4) is 0 Å². The fourth-order valence-corrected chi connectivity index (χ4v) is 3.21. The molecule has 0 aliphatic carbocycles. The van der Waals surface area contributed by atoms with Crippen molar-refractivity contribution in [2.45, 2.75) is 0 Å². The molecule has 0 saturated carbocycles. The molecule has 4 nitrogen and oxygen atoms in total. The number of benzene rings is 2. The molecule has 0 bridgehead atoms. The number of furan rings is 1. The molecule has 0 fully saturated rings. The average Bonchev–Trinajstić information content (AvgIpc) is 3.30. The van der Waals surface area contributed by atoms with Crippen molar-refractivity contribution in [1.29, 1.82) is 0 Å². The lowest BCUT2D eigenvalue weighted by Gasteiger charge is -2.08. The highest BCUT2D eigenvalue weighted by Gasteiger charge is 2.19. The smallest absolute Gasteiger partial charge is 0.335 e. The third-order valence-corrected chi connectivity index (χ3v) is 4.50. The number of aromatic nitrogens is 1. The second-order valence-corrected chi connectivity index (χ2v) is 6.08. The molecule has 0 saturated heterocycles. The summed E-state index contributed by atoms with van der Waals surface area (Å²) in [6.45, 7) is 0. The number of carbonyl (C=O) groups is 1. The number of aromatic carboxylic acids is 1. The molecule has 0 spiro atoms. The van der Waals surface area contributed by atoms with E-state index < -0.39 is 5.97 Å². The molecule has 128 valence electrons. The number of hydrogen-bond acceptors (Lipinski definition) is 2. The predicted molar refractivity (Wildman–Crippen MR) is 101 cm³/mol. The van der Waals surface area contributed by atoms with Crippen molar-refractivity contribution in [1.82, 2.24) is 4.57 Å². The first-order valence-corrected chi connectivity index (χ1v) is 8.28. The van der Waals surface area contributed by atoms with Crippen molar-refractivity contribution in [2.75, 3.05) is 0 Å². The quantitative estimate of drug-likeness (QED) is 0.546. The van der Waals surface area contributed by atoms with Gasteiger partial charge in [0.15, 0.2) is 5.76 Å². The van der Waals surface area contributed by atoms with Crippen LogP contribution in [0.2, 0.25) is 0 Å². The summed E-state index contributed by atoms with van der Waals surface area (Å²) >= 11 is 0.